The second-order valence-corrected chi connectivity index (χ2v) is 6.88. The van der Waals surface area contributed by atoms with Crippen molar-refractivity contribution in [3.63, 3.8) is 0 Å². The van der Waals surface area contributed by atoms with Gasteiger partial charge in [-0.1, -0.05) is 35.9 Å². The second-order valence-electron chi connectivity index (χ2n) is 6.88. The molecule has 0 aromatic heterocycles. The van der Waals surface area contributed by atoms with Crippen LogP contribution in [0, 0.1) is 6.92 Å². The first-order chi connectivity index (χ1) is 12.2. The molecule has 0 bridgehead atoms. The van der Waals surface area contributed by atoms with Crippen molar-refractivity contribution in [2.45, 2.75) is 25.3 Å². The lowest BCUT2D eigenvalue weighted by Crippen LogP contribution is -2.25. The van der Waals surface area contributed by atoms with E-state index < -0.39 is 0 Å². The lowest BCUT2D eigenvalue weighted by Gasteiger charge is -2.22. The molecule has 2 heterocycles. The Morgan fingerprint density at radius 3 is 2.52 bits per heavy atom. The Balaban J connectivity index is 1.59. The average molecular weight is 337 g/mol. The van der Waals surface area contributed by atoms with Gasteiger partial charge in [0.15, 0.2) is 11.5 Å². The maximum atomic E-state index is 11.1. The van der Waals surface area contributed by atoms with Crippen LogP contribution in [0.5, 0.6) is 11.5 Å². The smallest absolute Gasteiger partial charge is 0.161 e. The molecule has 1 fully saturated rings. The summed E-state index contributed by atoms with van der Waals surface area (Å²) in [6.07, 6.45) is 2.02. The SMILES string of the molecule is Cc1ccc(C2CC(c3ccc4c(c3)OCCO4)CN2CC=O)cc1. The fourth-order valence-corrected chi connectivity index (χ4v) is 3.89. The highest BCUT2D eigenvalue weighted by Gasteiger charge is 2.34. The van der Waals surface area contributed by atoms with Crippen molar-refractivity contribution in [2.24, 2.45) is 0 Å². The largest absolute Gasteiger partial charge is 0.486 e. The van der Waals surface area contributed by atoms with Gasteiger partial charge >= 0.3 is 0 Å². The number of ether oxygens (including phenoxy) is 2. The Morgan fingerprint density at radius 1 is 1.04 bits per heavy atom. The third-order valence-corrected chi connectivity index (χ3v) is 5.21. The first kappa shape index (κ1) is 16.2. The molecule has 0 saturated carbocycles. The van der Waals surface area contributed by atoms with Gasteiger partial charge in [0, 0.05) is 12.6 Å². The molecule has 0 radical (unpaired) electrons. The molecule has 0 amide bonds. The van der Waals surface area contributed by atoms with Gasteiger partial charge in [0.25, 0.3) is 0 Å². The molecular formula is C21H23NO3. The lowest BCUT2D eigenvalue weighted by molar-refractivity contribution is -0.109. The van der Waals surface area contributed by atoms with Gasteiger partial charge in [-0.2, -0.15) is 0 Å². The first-order valence-electron chi connectivity index (χ1n) is 8.88. The van der Waals surface area contributed by atoms with E-state index in [0.29, 0.717) is 25.7 Å². The third kappa shape index (κ3) is 3.27. The molecule has 4 heteroatoms. The molecular weight excluding hydrogens is 314 g/mol. The highest BCUT2D eigenvalue weighted by atomic mass is 16.6. The molecule has 2 aliphatic heterocycles. The van der Waals surface area contributed by atoms with Crippen molar-refractivity contribution < 1.29 is 14.3 Å². The first-order valence-corrected chi connectivity index (χ1v) is 8.88. The van der Waals surface area contributed by atoms with Crippen molar-refractivity contribution in [3.8, 4) is 11.5 Å². The zero-order chi connectivity index (χ0) is 17.2. The van der Waals surface area contributed by atoms with Crippen LogP contribution in [0.15, 0.2) is 42.5 Å². The van der Waals surface area contributed by atoms with Gasteiger partial charge in [-0.25, -0.2) is 0 Å². The van der Waals surface area contributed by atoms with Gasteiger partial charge in [-0.15, -0.1) is 0 Å². The topological polar surface area (TPSA) is 38.8 Å². The van der Waals surface area contributed by atoms with Crippen molar-refractivity contribution >= 4 is 6.29 Å². The van der Waals surface area contributed by atoms with Crippen molar-refractivity contribution in [3.05, 3.63) is 59.2 Å². The molecule has 4 rings (SSSR count). The van der Waals surface area contributed by atoms with Gasteiger partial charge in [0.05, 0.1) is 6.54 Å². The van der Waals surface area contributed by atoms with Crippen LogP contribution in [-0.2, 0) is 4.79 Å². The molecule has 2 atom stereocenters. The van der Waals surface area contributed by atoms with Crippen LogP contribution in [-0.4, -0.2) is 37.5 Å². The van der Waals surface area contributed by atoms with E-state index in [-0.39, 0.29) is 6.04 Å². The minimum atomic E-state index is 0.281. The van der Waals surface area contributed by atoms with Gasteiger partial charge in [-0.05, 0) is 42.5 Å². The molecule has 0 spiro atoms. The highest BCUT2D eigenvalue weighted by Crippen LogP contribution is 2.42. The number of benzene rings is 2. The van der Waals surface area contributed by atoms with Crippen LogP contribution >= 0.6 is 0 Å². The molecule has 130 valence electrons. The average Bonchev–Trinajstić information content (AvgIpc) is 3.06. The monoisotopic (exact) mass is 337 g/mol. The van der Waals surface area contributed by atoms with Crippen LogP contribution in [0.2, 0.25) is 0 Å². The predicted molar refractivity (Wildman–Crippen MR) is 96.3 cm³/mol. The van der Waals surface area contributed by atoms with Crippen molar-refractivity contribution in [1.82, 2.24) is 4.90 Å². The number of hydrogen-bond acceptors (Lipinski definition) is 4. The minimum Gasteiger partial charge on any atom is -0.486 e. The molecule has 0 N–H and O–H groups in total. The number of nitrogens with zero attached hydrogens (tertiary/aromatic N) is 1. The molecule has 1 saturated heterocycles. The van der Waals surface area contributed by atoms with E-state index >= 15 is 0 Å². The second kappa shape index (κ2) is 6.89. The summed E-state index contributed by atoms with van der Waals surface area (Å²) in [5, 5.41) is 0. The van der Waals surface area contributed by atoms with Crippen LogP contribution in [0.1, 0.15) is 35.1 Å². The number of rotatable bonds is 4. The zero-order valence-electron chi connectivity index (χ0n) is 14.5. The van der Waals surface area contributed by atoms with E-state index in [9.17, 15) is 4.79 Å². The van der Waals surface area contributed by atoms with Gasteiger partial charge in [0.1, 0.15) is 19.5 Å². The highest BCUT2D eigenvalue weighted by molar-refractivity contribution is 5.52. The standard InChI is InChI=1S/C21H23NO3/c1-15-2-4-16(5-3-15)19-12-18(14-22(19)8-9-23)17-6-7-20-21(13-17)25-11-10-24-20/h2-7,9,13,18-19H,8,10-12,14H2,1H3. The third-order valence-electron chi connectivity index (χ3n) is 5.21. The van der Waals surface area contributed by atoms with Crippen molar-refractivity contribution in [2.75, 3.05) is 26.3 Å². The summed E-state index contributed by atoms with van der Waals surface area (Å²) in [6.45, 7) is 4.67. The Bertz CT molecular complexity index is 756. The Morgan fingerprint density at radius 2 is 1.76 bits per heavy atom. The summed E-state index contributed by atoms with van der Waals surface area (Å²) in [5.74, 6) is 2.05. The summed E-state index contributed by atoms with van der Waals surface area (Å²) in [7, 11) is 0. The molecule has 2 aliphatic rings. The maximum absolute atomic E-state index is 11.1. The van der Waals surface area contributed by atoms with E-state index in [0.717, 1.165) is 30.8 Å². The zero-order valence-corrected chi connectivity index (χ0v) is 14.5. The van der Waals surface area contributed by atoms with E-state index in [4.69, 9.17) is 9.47 Å². The van der Waals surface area contributed by atoms with Crippen LogP contribution in [0.3, 0.4) is 0 Å². The Hall–Kier alpha value is -2.33. The molecule has 2 aromatic rings. The normalized spacial score (nSPS) is 22.8. The number of likely N-dealkylation sites (tertiary alicyclic amines) is 1. The Labute approximate surface area is 148 Å². The van der Waals surface area contributed by atoms with Gasteiger partial charge in [-0.3, -0.25) is 4.90 Å². The fourth-order valence-electron chi connectivity index (χ4n) is 3.89. The summed E-state index contributed by atoms with van der Waals surface area (Å²) in [4.78, 5) is 13.4. The number of carbonyl (C=O) groups excluding carboxylic acids is 1. The number of carbonyl (C=O) groups is 1. The van der Waals surface area contributed by atoms with E-state index in [2.05, 4.69) is 48.2 Å². The molecule has 4 nitrogen and oxygen atoms in total. The number of fused-ring (bicyclic) bond motifs is 1. The summed E-state index contributed by atoms with van der Waals surface area (Å²) in [5.41, 5.74) is 3.80. The number of aldehydes is 1. The van der Waals surface area contributed by atoms with Crippen LogP contribution in [0.25, 0.3) is 0 Å². The maximum Gasteiger partial charge on any atom is 0.161 e. The minimum absolute atomic E-state index is 0.281. The van der Waals surface area contributed by atoms with Crippen LogP contribution < -0.4 is 9.47 Å². The Kier molecular flexibility index (Phi) is 4.45. The van der Waals surface area contributed by atoms with Crippen LogP contribution in [0.4, 0.5) is 0 Å². The molecule has 2 aromatic carbocycles. The predicted octanol–water partition coefficient (Wildman–Crippen LogP) is 3.50. The van der Waals surface area contributed by atoms with Crippen molar-refractivity contribution in [1.29, 1.82) is 0 Å². The number of hydrogen-bond donors (Lipinski definition) is 0. The van der Waals surface area contributed by atoms with Gasteiger partial charge in [0.2, 0.25) is 0 Å². The lowest BCUT2D eigenvalue weighted by atomic mass is 9.93. The summed E-state index contributed by atoms with van der Waals surface area (Å²) in [6, 6.07) is 15.2. The number of aryl methyl sites for hydroxylation is 1. The summed E-state index contributed by atoms with van der Waals surface area (Å²) >= 11 is 0. The van der Waals surface area contributed by atoms with E-state index in [1.165, 1.54) is 16.7 Å². The molecule has 25 heavy (non-hydrogen) atoms. The van der Waals surface area contributed by atoms with Gasteiger partial charge < -0.3 is 14.3 Å². The fraction of sp³-hybridized carbons (Fsp3) is 0.381. The van der Waals surface area contributed by atoms with E-state index in [1.54, 1.807) is 0 Å². The molecule has 2 unspecified atom stereocenters. The quantitative estimate of drug-likeness (QED) is 0.801. The molecule has 0 aliphatic carbocycles. The van der Waals surface area contributed by atoms with E-state index in [1.807, 2.05) is 6.07 Å². The summed E-state index contributed by atoms with van der Waals surface area (Å²) < 4.78 is 11.3.